The molecule has 16 heavy (non-hydrogen) atoms. The van der Waals surface area contributed by atoms with Crippen molar-refractivity contribution < 1.29 is 4.74 Å². The number of amidine groups is 1. The highest BCUT2D eigenvalue weighted by Crippen LogP contribution is 2.00. The summed E-state index contributed by atoms with van der Waals surface area (Å²) in [5, 5.41) is 7.45. The van der Waals surface area contributed by atoms with Crippen molar-refractivity contribution in [1.29, 1.82) is 5.41 Å². The van der Waals surface area contributed by atoms with Crippen LogP contribution >= 0.6 is 0 Å². The summed E-state index contributed by atoms with van der Waals surface area (Å²) in [6.07, 6.45) is 0. The lowest BCUT2D eigenvalue weighted by atomic mass is 10.2. The minimum absolute atomic E-state index is 0.185. The molecule has 0 aliphatic heterocycles. The maximum atomic E-state index is 7.45. The Labute approximate surface area is 95.1 Å². The number of ether oxygens (including phenoxy) is 1. The Kier molecular flexibility index (Phi) is 4.32. The van der Waals surface area contributed by atoms with Gasteiger partial charge in [0.25, 0.3) is 0 Å². The fourth-order valence-electron chi connectivity index (χ4n) is 0.962. The van der Waals surface area contributed by atoms with Crippen molar-refractivity contribution in [3.63, 3.8) is 0 Å². The third-order valence-corrected chi connectivity index (χ3v) is 1.89. The molecule has 0 saturated heterocycles. The lowest BCUT2D eigenvalue weighted by Crippen LogP contribution is -2.31. The van der Waals surface area contributed by atoms with E-state index in [1.165, 1.54) is 0 Å². The number of nitrogens with two attached hydrogens (primary N) is 1. The Balaban J connectivity index is 2.45. The van der Waals surface area contributed by atoms with Crippen LogP contribution in [-0.2, 0) is 11.3 Å². The van der Waals surface area contributed by atoms with Crippen molar-refractivity contribution in [2.75, 3.05) is 14.1 Å². The van der Waals surface area contributed by atoms with Crippen molar-refractivity contribution in [2.24, 2.45) is 10.7 Å². The summed E-state index contributed by atoms with van der Waals surface area (Å²) in [4.78, 5) is 5.38. The quantitative estimate of drug-likeness (QED) is 0.577. The van der Waals surface area contributed by atoms with Crippen LogP contribution in [0.1, 0.15) is 5.56 Å². The monoisotopic (exact) mass is 220 g/mol. The molecule has 0 aromatic heterocycles. The number of nitrogens with one attached hydrogen (secondary N) is 1. The molecule has 0 aliphatic rings. The second-order valence-corrected chi connectivity index (χ2v) is 3.44. The maximum Gasteiger partial charge on any atom is 0.312 e. The zero-order chi connectivity index (χ0) is 12.0. The van der Waals surface area contributed by atoms with E-state index in [0.717, 1.165) is 5.56 Å². The van der Waals surface area contributed by atoms with E-state index in [0.29, 0.717) is 6.61 Å². The van der Waals surface area contributed by atoms with Gasteiger partial charge in [0, 0.05) is 14.1 Å². The highest BCUT2D eigenvalue weighted by molar-refractivity contribution is 5.89. The fourth-order valence-corrected chi connectivity index (χ4v) is 0.962. The molecule has 5 heteroatoms. The van der Waals surface area contributed by atoms with Crippen LogP contribution < -0.4 is 5.73 Å². The molecule has 3 N–H and O–H groups in total. The lowest BCUT2D eigenvalue weighted by Gasteiger charge is -2.10. The van der Waals surface area contributed by atoms with Crippen molar-refractivity contribution >= 4 is 12.0 Å². The fraction of sp³-hybridized carbons (Fsp3) is 0.273. The molecule has 0 amide bonds. The Morgan fingerprint density at radius 3 is 2.56 bits per heavy atom. The van der Waals surface area contributed by atoms with Gasteiger partial charge in [-0.1, -0.05) is 30.3 Å². The lowest BCUT2D eigenvalue weighted by molar-refractivity contribution is 0.284. The Hall–Kier alpha value is -2.04. The molecule has 0 atom stereocenters. The van der Waals surface area contributed by atoms with E-state index in [-0.39, 0.29) is 12.0 Å². The number of guanidine groups is 1. The van der Waals surface area contributed by atoms with Crippen LogP contribution in [0.15, 0.2) is 35.3 Å². The number of aliphatic imine (C=N–C) groups is 1. The predicted octanol–water partition coefficient (Wildman–Crippen LogP) is 1.01. The van der Waals surface area contributed by atoms with Gasteiger partial charge in [0.1, 0.15) is 6.61 Å². The zero-order valence-electron chi connectivity index (χ0n) is 9.47. The number of benzene rings is 1. The van der Waals surface area contributed by atoms with Gasteiger partial charge < -0.3 is 15.4 Å². The summed E-state index contributed by atoms with van der Waals surface area (Å²) >= 11 is 0. The van der Waals surface area contributed by atoms with Gasteiger partial charge in [0.05, 0.1) is 0 Å². The van der Waals surface area contributed by atoms with E-state index in [1.54, 1.807) is 19.0 Å². The van der Waals surface area contributed by atoms with Crippen LogP contribution in [0.2, 0.25) is 0 Å². The number of rotatable bonds is 2. The summed E-state index contributed by atoms with van der Waals surface area (Å²) in [6, 6.07) is 9.42. The second kappa shape index (κ2) is 5.75. The van der Waals surface area contributed by atoms with Crippen LogP contribution in [0, 0.1) is 5.41 Å². The Morgan fingerprint density at radius 2 is 2.00 bits per heavy atom. The van der Waals surface area contributed by atoms with Crippen LogP contribution in [0.3, 0.4) is 0 Å². The normalized spacial score (nSPS) is 11.0. The molecule has 5 nitrogen and oxygen atoms in total. The van der Waals surface area contributed by atoms with Gasteiger partial charge in [-0.2, -0.15) is 4.99 Å². The van der Waals surface area contributed by atoms with Crippen molar-refractivity contribution in [2.45, 2.75) is 6.61 Å². The average Bonchev–Trinajstić information content (AvgIpc) is 2.27. The minimum Gasteiger partial charge on any atom is -0.459 e. The van der Waals surface area contributed by atoms with E-state index in [2.05, 4.69) is 4.99 Å². The van der Waals surface area contributed by atoms with Gasteiger partial charge in [-0.15, -0.1) is 0 Å². The number of hydrogen-bond donors (Lipinski definition) is 2. The van der Waals surface area contributed by atoms with Crippen LogP contribution in [0.5, 0.6) is 0 Å². The molecule has 0 saturated carbocycles. The molecule has 0 bridgehead atoms. The SMILES string of the molecule is CN(C)/C(N)=N/C(=N)OCc1ccccc1. The number of hydrogen-bond acceptors (Lipinski definition) is 2. The molecule has 0 spiro atoms. The highest BCUT2D eigenvalue weighted by Gasteiger charge is 2.00. The van der Waals surface area contributed by atoms with Crippen LogP contribution in [-0.4, -0.2) is 31.0 Å². The predicted molar refractivity (Wildman–Crippen MR) is 64.3 cm³/mol. The molecular formula is C11H16N4O. The van der Waals surface area contributed by atoms with Crippen molar-refractivity contribution in [3.8, 4) is 0 Å². The van der Waals surface area contributed by atoms with Gasteiger partial charge >= 0.3 is 6.02 Å². The largest absolute Gasteiger partial charge is 0.459 e. The summed E-state index contributed by atoms with van der Waals surface area (Å²) in [6.45, 7) is 0.323. The van der Waals surface area contributed by atoms with Gasteiger partial charge in [-0.05, 0) is 5.56 Å². The second-order valence-electron chi connectivity index (χ2n) is 3.44. The third-order valence-electron chi connectivity index (χ3n) is 1.89. The first-order chi connectivity index (χ1) is 7.59. The standard InChI is InChI=1S/C11H16N4O/c1-15(2)10(12)14-11(13)16-8-9-6-4-3-5-7-9/h3-7H,8H2,1-2H3,(H3,12,13,14). The molecule has 1 aromatic carbocycles. The topological polar surface area (TPSA) is 74.7 Å². The van der Waals surface area contributed by atoms with E-state index < -0.39 is 0 Å². The van der Waals surface area contributed by atoms with Gasteiger partial charge in [-0.25, -0.2) is 5.41 Å². The summed E-state index contributed by atoms with van der Waals surface area (Å²) < 4.78 is 5.14. The summed E-state index contributed by atoms with van der Waals surface area (Å²) in [5.41, 5.74) is 6.53. The Bertz CT molecular complexity index is 373. The van der Waals surface area contributed by atoms with E-state index in [9.17, 15) is 0 Å². The van der Waals surface area contributed by atoms with E-state index >= 15 is 0 Å². The van der Waals surface area contributed by atoms with Crippen LogP contribution in [0.4, 0.5) is 0 Å². The molecule has 0 heterocycles. The summed E-state index contributed by atoms with van der Waals surface area (Å²) in [7, 11) is 3.51. The first kappa shape index (κ1) is 12.0. The molecule has 0 aliphatic carbocycles. The molecule has 1 rings (SSSR count). The van der Waals surface area contributed by atoms with Gasteiger partial charge in [0.2, 0.25) is 0 Å². The molecule has 86 valence electrons. The van der Waals surface area contributed by atoms with E-state index in [1.807, 2.05) is 30.3 Å². The Morgan fingerprint density at radius 1 is 1.38 bits per heavy atom. The van der Waals surface area contributed by atoms with Crippen molar-refractivity contribution in [3.05, 3.63) is 35.9 Å². The van der Waals surface area contributed by atoms with E-state index in [4.69, 9.17) is 15.9 Å². The molecule has 1 aromatic rings. The molecule has 0 unspecified atom stereocenters. The molecule has 0 fully saturated rings. The highest BCUT2D eigenvalue weighted by atomic mass is 16.5. The third kappa shape index (κ3) is 4.00. The number of nitrogens with zero attached hydrogens (tertiary/aromatic N) is 2. The smallest absolute Gasteiger partial charge is 0.312 e. The van der Waals surface area contributed by atoms with Crippen molar-refractivity contribution in [1.82, 2.24) is 4.90 Å². The zero-order valence-corrected chi connectivity index (χ0v) is 9.47. The van der Waals surface area contributed by atoms with Gasteiger partial charge in [0.15, 0.2) is 5.96 Å². The molecular weight excluding hydrogens is 204 g/mol. The summed E-state index contributed by atoms with van der Waals surface area (Å²) in [5.74, 6) is 0.248. The maximum absolute atomic E-state index is 7.45. The minimum atomic E-state index is -0.185. The van der Waals surface area contributed by atoms with Crippen LogP contribution in [0.25, 0.3) is 0 Å². The molecule has 0 radical (unpaired) electrons. The first-order valence-electron chi connectivity index (χ1n) is 4.86. The average molecular weight is 220 g/mol. The first-order valence-corrected chi connectivity index (χ1v) is 4.86. The van der Waals surface area contributed by atoms with Gasteiger partial charge in [-0.3, -0.25) is 0 Å².